The fourth-order valence-electron chi connectivity index (χ4n) is 3.73. The monoisotopic (exact) mass is 406 g/mol. The van der Waals surface area contributed by atoms with Crippen LogP contribution in [0.4, 0.5) is 0 Å². The zero-order valence-corrected chi connectivity index (χ0v) is 17.9. The fraction of sp³-hybridized carbons (Fsp3) is 0.391. The van der Waals surface area contributed by atoms with Gasteiger partial charge in [-0.05, 0) is 42.0 Å². The average molecular weight is 407 g/mol. The van der Waals surface area contributed by atoms with Crippen LogP contribution in [0.2, 0.25) is 0 Å². The molecular formula is C23H26N4OS. The third-order valence-electron chi connectivity index (χ3n) is 5.38. The Morgan fingerprint density at radius 3 is 2.48 bits per heavy atom. The number of rotatable bonds is 3. The first kappa shape index (κ1) is 19.7. The summed E-state index contributed by atoms with van der Waals surface area (Å²) < 4.78 is 0. The Labute approximate surface area is 175 Å². The highest BCUT2D eigenvalue weighted by atomic mass is 32.1. The number of aromatic nitrogens is 3. The molecule has 150 valence electrons. The third kappa shape index (κ3) is 4.22. The van der Waals surface area contributed by atoms with Gasteiger partial charge in [-0.2, -0.15) is 0 Å². The van der Waals surface area contributed by atoms with Crippen LogP contribution in [-0.2, 0) is 5.41 Å². The standard InChI is InChI=1S/C23H26N4OS/c1-23(2,3)22-25-15-18(16-6-10-24-11-7-16)20(26-22)17-8-12-27(13-9-17)21(28)19-5-4-14-29-19/h4-7,10-11,14-15,17H,8-9,12-13H2,1-3H3. The van der Waals surface area contributed by atoms with Crippen molar-refractivity contribution in [1.82, 2.24) is 19.9 Å². The Morgan fingerprint density at radius 2 is 1.86 bits per heavy atom. The Balaban J connectivity index is 1.61. The van der Waals surface area contributed by atoms with Crippen LogP contribution in [0.1, 0.15) is 60.7 Å². The van der Waals surface area contributed by atoms with Gasteiger partial charge in [0.25, 0.3) is 5.91 Å². The molecule has 0 radical (unpaired) electrons. The van der Waals surface area contributed by atoms with Gasteiger partial charge in [0, 0.05) is 48.6 Å². The number of thiophene rings is 1. The molecule has 5 nitrogen and oxygen atoms in total. The smallest absolute Gasteiger partial charge is 0.263 e. The lowest BCUT2D eigenvalue weighted by Gasteiger charge is -2.32. The van der Waals surface area contributed by atoms with Crippen LogP contribution < -0.4 is 0 Å². The van der Waals surface area contributed by atoms with Gasteiger partial charge < -0.3 is 4.90 Å². The summed E-state index contributed by atoms with van der Waals surface area (Å²) in [6.07, 6.45) is 7.39. The number of piperidine rings is 1. The third-order valence-corrected chi connectivity index (χ3v) is 6.24. The van der Waals surface area contributed by atoms with Crippen molar-refractivity contribution in [2.45, 2.75) is 44.9 Å². The number of carbonyl (C=O) groups excluding carboxylic acids is 1. The molecule has 0 bridgehead atoms. The predicted octanol–water partition coefficient (Wildman–Crippen LogP) is 4.92. The first-order valence-electron chi connectivity index (χ1n) is 10.0. The van der Waals surface area contributed by atoms with E-state index in [2.05, 4.69) is 30.7 Å². The van der Waals surface area contributed by atoms with Crippen molar-refractivity contribution in [1.29, 1.82) is 0 Å². The van der Waals surface area contributed by atoms with Crippen LogP contribution in [0.5, 0.6) is 0 Å². The van der Waals surface area contributed by atoms with Gasteiger partial charge in [0.05, 0.1) is 10.6 Å². The van der Waals surface area contributed by atoms with E-state index in [0.29, 0.717) is 5.92 Å². The summed E-state index contributed by atoms with van der Waals surface area (Å²) in [5.74, 6) is 1.32. The van der Waals surface area contributed by atoms with Crippen LogP contribution in [0.25, 0.3) is 11.1 Å². The lowest BCUT2D eigenvalue weighted by atomic mass is 9.88. The second kappa shape index (κ2) is 8.03. The minimum absolute atomic E-state index is 0.110. The van der Waals surface area contributed by atoms with E-state index < -0.39 is 0 Å². The van der Waals surface area contributed by atoms with E-state index in [1.54, 1.807) is 12.4 Å². The zero-order chi connectivity index (χ0) is 20.4. The maximum absolute atomic E-state index is 12.7. The Kier molecular flexibility index (Phi) is 5.46. The number of nitrogens with zero attached hydrogens (tertiary/aromatic N) is 4. The molecule has 1 fully saturated rings. The van der Waals surface area contributed by atoms with E-state index in [-0.39, 0.29) is 11.3 Å². The summed E-state index contributed by atoms with van der Waals surface area (Å²) in [5, 5.41) is 1.95. The molecule has 4 rings (SSSR count). The van der Waals surface area contributed by atoms with Crippen molar-refractivity contribution in [2.24, 2.45) is 0 Å². The van der Waals surface area contributed by atoms with Gasteiger partial charge in [0.1, 0.15) is 5.82 Å². The van der Waals surface area contributed by atoms with Crippen molar-refractivity contribution in [2.75, 3.05) is 13.1 Å². The molecular weight excluding hydrogens is 380 g/mol. The lowest BCUT2D eigenvalue weighted by molar-refractivity contribution is 0.0717. The van der Waals surface area contributed by atoms with Gasteiger partial charge in [0.15, 0.2) is 0 Å². The Morgan fingerprint density at radius 1 is 1.14 bits per heavy atom. The SMILES string of the molecule is CC(C)(C)c1ncc(-c2ccncc2)c(C2CCN(C(=O)c3cccs3)CC2)n1. The lowest BCUT2D eigenvalue weighted by Crippen LogP contribution is -2.38. The normalized spacial score (nSPS) is 15.5. The van der Waals surface area contributed by atoms with E-state index in [1.165, 1.54) is 11.3 Å². The molecule has 0 aliphatic carbocycles. The van der Waals surface area contributed by atoms with E-state index in [0.717, 1.165) is 53.5 Å². The summed E-state index contributed by atoms with van der Waals surface area (Å²) in [6.45, 7) is 7.93. The summed E-state index contributed by atoms with van der Waals surface area (Å²) in [4.78, 5) is 29.3. The first-order valence-corrected chi connectivity index (χ1v) is 10.9. The maximum Gasteiger partial charge on any atom is 0.263 e. The number of pyridine rings is 1. The van der Waals surface area contributed by atoms with Crippen LogP contribution in [0, 0.1) is 0 Å². The Hall–Kier alpha value is -2.60. The number of hydrogen-bond acceptors (Lipinski definition) is 5. The number of carbonyl (C=O) groups is 1. The van der Waals surface area contributed by atoms with Crippen molar-refractivity contribution in [3.63, 3.8) is 0 Å². The second-order valence-electron chi connectivity index (χ2n) is 8.52. The van der Waals surface area contributed by atoms with Crippen LogP contribution >= 0.6 is 11.3 Å². The van der Waals surface area contributed by atoms with E-state index in [1.807, 2.05) is 40.7 Å². The summed E-state index contributed by atoms with van der Waals surface area (Å²) in [7, 11) is 0. The van der Waals surface area contributed by atoms with Gasteiger partial charge >= 0.3 is 0 Å². The topological polar surface area (TPSA) is 59.0 Å². The molecule has 0 saturated carbocycles. The van der Waals surface area contributed by atoms with Gasteiger partial charge in [-0.3, -0.25) is 9.78 Å². The molecule has 1 aliphatic rings. The summed E-state index contributed by atoms with van der Waals surface area (Å²) in [5.41, 5.74) is 3.15. The van der Waals surface area contributed by atoms with E-state index >= 15 is 0 Å². The fourth-order valence-corrected chi connectivity index (χ4v) is 4.42. The van der Waals surface area contributed by atoms with Gasteiger partial charge in [-0.25, -0.2) is 9.97 Å². The molecule has 0 aromatic carbocycles. The highest BCUT2D eigenvalue weighted by molar-refractivity contribution is 7.12. The largest absolute Gasteiger partial charge is 0.338 e. The maximum atomic E-state index is 12.7. The quantitative estimate of drug-likeness (QED) is 0.620. The van der Waals surface area contributed by atoms with E-state index in [4.69, 9.17) is 4.98 Å². The molecule has 0 spiro atoms. The van der Waals surface area contributed by atoms with Crippen LogP contribution in [0.3, 0.4) is 0 Å². The van der Waals surface area contributed by atoms with Crippen molar-refractivity contribution < 1.29 is 4.79 Å². The molecule has 0 N–H and O–H groups in total. The molecule has 1 aliphatic heterocycles. The molecule has 1 amide bonds. The molecule has 6 heteroatoms. The number of hydrogen-bond donors (Lipinski definition) is 0. The van der Waals surface area contributed by atoms with Crippen LogP contribution in [-0.4, -0.2) is 38.8 Å². The molecule has 0 atom stereocenters. The molecule has 0 unspecified atom stereocenters. The van der Waals surface area contributed by atoms with Crippen molar-refractivity contribution >= 4 is 17.2 Å². The second-order valence-corrected chi connectivity index (χ2v) is 9.47. The predicted molar refractivity (Wildman–Crippen MR) is 116 cm³/mol. The summed E-state index contributed by atoms with van der Waals surface area (Å²) >= 11 is 1.51. The molecule has 3 aromatic heterocycles. The number of amides is 1. The van der Waals surface area contributed by atoms with Crippen LogP contribution in [0.15, 0.2) is 48.2 Å². The molecule has 4 heterocycles. The number of likely N-dealkylation sites (tertiary alicyclic amines) is 1. The molecule has 29 heavy (non-hydrogen) atoms. The first-order chi connectivity index (χ1) is 13.9. The van der Waals surface area contributed by atoms with E-state index in [9.17, 15) is 4.79 Å². The van der Waals surface area contributed by atoms with Crippen molar-refractivity contribution in [3.05, 3.63) is 64.6 Å². The van der Waals surface area contributed by atoms with Gasteiger partial charge in [0.2, 0.25) is 0 Å². The highest BCUT2D eigenvalue weighted by Gasteiger charge is 2.29. The minimum Gasteiger partial charge on any atom is -0.338 e. The zero-order valence-electron chi connectivity index (χ0n) is 17.1. The Bertz CT molecular complexity index is 972. The van der Waals surface area contributed by atoms with Crippen molar-refractivity contribution in [3.8, 4) is 11.1 Å². The minimum atomic E-state index is -0.110. The molecule has 3 aromatic rings. The van der Waals surface area contributed by atoms with Gasteiger partial charge in [-0.15, -0.1) is 11.3 Å². The summed E-state index contributed by atoms with van der Waals surface area (Å²) in [6, 6.07) is 7.85. The molecule has 1 saturated heterocycles. The van der Waals surface area contributed by atoms with Gasteiger partial charge in [-0.1, -0.05) is 26.8 Å². The average Bonchev–Trinajstić information content (AvgIpc) is 3.28. The highest BCUT2D eigenvalue weighted by Crippen LogP contribution is 2.35.